The first-order chi connectivity index (χ1) is 8.86. The molecule has 0 radical (unpaired) electrons. The maximum Gasteiger partial charge on any atom is 0.122 e. The Labute approximate surface area is 116 Å². The van der Waals surface area contributed by atoms with Gasteiger partial charge in [0.2, 0.25) is 0 Å². The molecule has 0 heterocycles. The van der Waals surface area contributed by atoms with Crippen LogP contribution in [0.2, 0.25) is 0 Å². The summed E-state index contributed by atoms with van der Waals surface area (Å²) in [5, 5.41) is 10.8. The van der Waals surface area contributed by atoms with Gasteiger partial charge in [-0.1, -0.05) is 20.3 Å². The number of aliphatic hydroxyl groups is 1. The molecule has 2 atom stereocenters. The van der Waals surface area contributed by atoms with E-state index in [-0.39, 0.29) is 11.5 Å². The normalized spacial score (nSPS) is 23.4. The van der Waals surface area contributed by atoms with Crippen LogP contribution >= 0.6 is 0 Å². The highest BCUT2D eigenvalue weighted by molar-refractivity contribution is 5.42. The van der Waals surface area contributed by atoms with Crippen LogP contribution < -0.4 is 4.74 Å². The third-order valence-corrected chi connectivity index (χ3v) is 4.82. The Morgan fingerprint density at radius 3 is 2.47 bits per heavy atom. The van der Waals surface area contributed by atoms with Crippen LogP contribution in [0.1, 0.15) is 55.9 Å². The number of hydrogen-bond acceptors (Lipinski definition) is 2. The quantitative estimate of drug-likeness (QED) is 0.885. The van der Waals surface area contributed by atoms with E-state index in [1.165, 1.54) is 12.8 Å². The molecule has 2 rings (SSSR count). The molecule has 106 valence electrons. The zero-order valence-corrected chi connectivity index (χ0v) is 12.8. The van der Waals surface area contributed by atoms with Gasteiger partial charge in [-0.25, -0.2) is 0 Å². The van der Waals surface area contributed by atoms with Gasteiger partial charge in [-0.3, -0.25) is 0 Å². The Hall–Kier alpha value is -1.02. The topological polar surface area (TPSA) is 29.5 Å². The fourth-order valence-electron chi connectivity index (χ4n) is 3.51. The van der Waals surface area contributed by atoms with Gasteiger partial charge in [0.25, 0.3) is 0 Å². The lowest BCUT2D eigenvalue weighted by molar-refractivity contribution is 0.0526. The standard InChI is InChI=1S/C17H26O2/c1-11-10-15(19-5)12(2)9-13(11)16(18)14-7-6-8-17(14,3)4/h9-10,14,16,18H,6-8H2,1-5H3. The van der Waals surface area contributed by atoms with E-state index >= 15 is 0 Å². The summed E-state index contributed by atoms with van der Waals surface area (Å²) in [5.74, 6) is 1.26. The summed E-state index contributed by atoms with van der Waals surface area (Å²) in [6.07, 6.45) is 3.20. The van der Waals surface area contributed by atoms with Gasteiger partial charge < -0.3 is 9.84 Å². The van der Waals surface area contributed by atoms with Crippen LogP contribution in [0.4, 0.5) is 0 Å². The monoisotopic (exact) mass is 262 g/mol. The van der Waals surface area contributed by atoms with E-state index in [4.69, 9.17) is 4.74 Å². The first-order valence-corrected chi connectivity index (χ1v) is 7.20. The molecule has 2 unspecified atom stereocenters. The fourth-order valence-corrected chi connectivity index (χ4v) is 3.51. The molecule has 0 spiro atoms. The van der Waals surface area contributed by atoms with Crippen molar-refractivity contribution in [2.75, 3.05) is 7.11 Å². The minimum absolute atomic E-state index is 0.236. The average Bonchev–Trinajstić information content (AvgIpc) is 2.70. The van der Waals surface area contributed by atoms with Crippen molar-refractivity contribution in [3.63, 3.8) is 0 Å². The molecule has 2 nitrogen and oxygen atoms in total. The van der Waals surface area contributed by atoms with Gasteiger partial charge in [0.15, 0.2) is 0 Å². The molecule has 1 fully saturated rings. The highest BCUT2D eigenvalue weighted by Crippen LogP contribution is 2.49. The Bertz CT molecular complexity index is 463. The lowest BCUT2D eigenvalue weighted by Crippen LogP contribution is -2.24. The predicted octanol–water partition coefficient (Wildman–Crippen LogP) is 4.17. The maximum atomic E-state index is 10.8. The molecule has 2 heteroatoms. The summed E-state index contributed by atoms with van der Waals surface area (Å²) in [6.45, 7) is 8.65. The minimum Gasteiger partial charge on any atom is -0.496 e. The van der Waals surface area contributed by atoms with Gasteiger partial charge in [-0.15, -0.1) is 0 Å². The smallest absolute Gasteiger partial charge is 0.122 e. The summed E-state index contributed by atoms with van der Waals surface area (Å²) in [6, 6.07) is 4.13. The van der Waals surface area contributed by atoms with Crippen LogP contribution in [-0.4, -0.2) is 12.2 Å². The number of aryl methyl sites for hydroxylation is 2. The number of aliphatic hydroxyl groups excluding tert-OH is 1. The number of methoxy groups -OCH3 is 1. The largest absolute Gasteiger partial charge is 0.496 e. The number of benzene rings is 1. The molecule has 1 aliphatic carbocycles. The summed E-state index contributed by atoms with van der Waals surface area (Å²) < 4.78 is 5.35. The Morgan fingerprint density at radius 2 is 1.95 bits per heavy atom. The molecule has 0 aliphatic heterocycles. The molecule has 0 amide bonds. The van der Waals surface area contributed by atoms with Gasteiger partial charge in [-0.05, 0) is 66.8 Å². The fraction of sp³-hybridized carbons (Fsp3) is 0.647. The van der Waals surface area contributed by atoms with Crippen molar-refractivity contribution >= 4 is 0 Å². The second-order valence-electron chi connectivity index (χ2n) is 6.61. The minimum atomic E-state index is -0.359. The van der Waals surface area contributed by atoms with Crippen molar-refractivity contribution in [1.29, 1.82) is 0 Å². The van der Waals surface area contributed by atoms with E-state index in [0.29, 0.717) is 5.92 Å². The third kappa shape index (κ3) is 2.64. The van der Waals surface area contributed by atoms with Crippen LogP contribution in [-0.2, 0) is 0 Å². The Morgan fingerprint density at radius 1 is 1.26 bits per heavy atom. The summed E-state index contributed by atoms with van der Waals surface area (Å²) in [5.41, 5.74) is 3.52. The molecule has 1 aliphatic rings. The predicted molar refractivity (Wildman–Crippen MR) is 78.5 cm³/mol. The van der Waals surface area contributed by atoms with E-state index in [9.17, 15) is 5.11 Å². The van der Waals surface area contributed by atoms with Crippen molar-refractivity contribution in [3.05, 3.63) is 28.8 Å². The molecule has 1 aromatic carbocycles. The maximum absolute atomic E-state index is 10.8. The average molecular weight is 262 g/mol. The number of rotatable bonds is 3. The zero-order valence-electron chi connectivity index (χ0n) is 12.8. The first-order valence-electron chi connectivity index (χ1n) is 7.20. The molecule has 19 heavy (non-hydrogen) atoms. The van der Waals surface area contributed by atoms with Crippen LogP contribution in [0.3, 0.4) is 0 Å². The second-order valence-corrected chi connectivity index (χ2v) is 6.61. The van der Waals surface area contributed by atoms with Gasteiger partial charge in [0, 0.05) is 0 Å². The third-order valence-electron chi connectivity index (χ3n) is 4.82. The number of ether oxygens (including phenoxy) is 1. The lowest BCUT2D eigenvalue weighted by atomic mass is 9.76. The molecule has 1 aromatic rings. The summed E-state index contributed by atoms with van der Waals surface area (Å²) in [7, 11) is 1.69. The molecule has 1 N–H and O–H groups in total. The van der Waals surface area contributed by atoms with E-state index in [1.54, 1.807) is 7.11 Å². The highest BCUT2D eigenvalue weighted by atomic mass is 16.5. The van der Waals surface area contributed by atoms with E-state index < -0.39 is 0 Å². The highest BCUT2D eigenvalue weighted by Gasteiger charge is 2.39. The molecule has 1 saturated carbocycles. The summed E-state index contributed by atoms with van der Waals surface area (Å²) in [4.78, 5) is 0. The summed E-state index contributed by atoms with van der Waals surface area (Å²) >= 11 is 0. The lowest BCUT2D eigenvalue weighted by Gasteiger charge is -2.32. The van der Waals surface area contributed by atoms with Crippen molar-refractivity contribution < 1.29 is 9.84 Å². The van der Waals surface area contributed by atoms with Crippen LogP contribution in [0.25, 0.3) is 0 Å². The molecule has 0 saturated heterocycles. The van der Waals surface area contributed by atoms with Crippen LogP contribution in [0, 0.1) is 25.2 Å². The SMILES string of the molecule is COc1cc(C)c(C(O)C2CCCC2(C)C)cc1C. The van der Waals surface area contributed by atoms with Gasteiger partial charge in [0.1, 0.15) is 5.75 Å². The van der Waals surface area contributed by atoms with Crippen molar-refractivity contribution in [2.45, 2.75) is 53.1 Å². The Balaban J connectivity index is 2.34. The van der Waals surface area contributed by atoms with Crippen LogP contribution in [0.5, 0.6) is 5.75 Å². The molecular formula is C17H26O2. The van der Waals surface area contributed by atoms with Gasteiger partial charge >= 0.3 is 0 Å². The Kier molecular flexibility index (Phi) is 3.91. The molecular weight excluding hydrogens is 236 g/mol. The van der Waals surface area contributed by atoms with Crippen molar-refractivity contribution in [3.8, 4) is 5.75 Å². The van der Waals surface area contributed by atoms with Crippen molar-refractivity contribution in [1.82, 2.24) is 0 Å². The first kappa shape index (κ1) is 14.4. The van der Waals surface area contributed by atoms with E-state index in [2.05, 4.69) is 26.8 Å². The van der Waals surface area contributed by atoms with E-state index in [1.807, 2.05) is 13.0 Å². The van der Waals surface area contributed by atoms with Crippen molar-refractivity contribution in [2.24, 2.45) is 11.3 Å². The van der Waals surface area contributed by atoms with Crippen LogP contribution in [0.15, 0.2) is 12.1 Å². The van der Waals surface area contributed by atoms with E-state index in [0.717, 1.165) is 28.9 Å². The number of hydrogen-bond donors (Lipinski definition) is 1. The molecule has 0 aromatic heterocycles. The second kappa shape index (κ2) is 5.16. The zero-order chi connectivity index (χ0) is 14.2. The molecule has 0 bridgehead atoms. The van der Waals surface area contributed by atoms with Gasteiger partial charge in [0.05, 0.1) is 13.2 Å². The van der Waals surface area contributed by atoms with Gasteiger partial charge in [-0.2, -0.15) is 0 Å².